The minimum absolute atomic E-state index is 0.450. The zero-order chi connectivity index (χ0) is 12.0. The molecule has 1 heterocycles. The van der Waals surface area contributed by atoms with Gasteiger partial charge in [0.15, 0.2) is 0 Å². The van der Waals surface area contributed by atoms with Crippen LogP contribution in [-0.4, -0.2) is 11.5 Å². The van der Waals surface area contributed by atoms with Crippen molar-refractivity contribution >= 4 is 0 Å². The molecule has 16 heavy (non-hydrogen) atoms. The van der Waals surface area contributed by atoms with E-state index in [0.717, 1.165) is 18.8 Å². The maximum Gasteiger partial charge on any atom is 0.0417 e. The fourth-order valence-electron chi connectivity index (χ4n) is 1.67. The number of nitrogens with zero attached hydrogens (tertiary/aromatic N) is 1. The molecule has 2 nitrogen and oxygen atoms in total. The number of nitrogens with one attached hydrogen (secondary N) is 1. The van der Waals surface area contributed by atoms with Crippen LogP contribution in [0.5, 0.6) is 0 Å². The Morgan fingerprint density at radius 1 is 1.31 bits per heavy atom. The van der Waals surface area contributed by atoms with Gasteiger partial charge in [0.1, 0.15) is 0 Å². The van der Waals surface area contributed by atoms with Crippen molar-refractivity contribution in [1.29, 1.82) is 0 Å². The molecule has 90 valence electrons. The number of rotatable bonds is 5. The summed E-state index contributed by atoms with van der Waals surface area (Å²) in [6.45, 7) is 11.0. The summed E-state index contributed by atoms with van der Waals surface area (Å²) in [5.41, 5.74) is 2.88. The highest BCUT2D eigenvalue weighted by atomic mass is 14.9. The minimum Gasteiger partial charge on any atom is -0.313 e. The van der Waals surface area contributed by atoms with E-state index in [9.17, 15) is 0 Å². The molecule has 0 bridgehead atoms. The van der Waals surface area contributed by atoms with Gasteiger partial charge in [0.05, 0.1) is 0 Å². The highest BCUT2D eigenvalue weighted by Crippen LogP contribution is 2.19. The lowest BCUT2D eigenvalue weighted by molar-refractivity contribution is 0.361. The van der Waals surface area contributed by atoms with Crippen molar-refractivity contribution in [3.63, 3.8) is 0 Å². The average molecular weight is 220 g/mol. The monoisotopic (exact) mass is 220 g/mol. The first kappa shape index (κ1) is 13.2. The first-order chi connectivity index (χ1) is 7.49. The third kappa shape index (κ3) is 5.26. The van der Waals surface area contributed by atoms with Gasteiger partial charge in [-0.05, 0) is 43.4 Å². The Kier molecular flexibility index (Phi) is 4.94. The number of hydrogen-bond acceptors (Lipinski definition) is 2. The summed E-state index contributed by atoms with van der Waals surface area (Å²) in [4.78, 5) is 4.28. The maximum absolute atomic E-state index is 4.28. The Labute approximate surface area is 99.5 Å². The Morgan fingerprint density at radius 3 is 2.69 bits per heavy atom. The molecule has 1 aromatic heterocycles. The van der Waals surface area contributed by atoms with Crippen LogP contribution in [0.3, 0.4) is 0 Å². The van der Waals surface area contributed by atoms with Crippen LogP contribution in [-0.2, 0) is 6.54 Å². The van der Waals surface area contributed by atoms with Crippen molar-refractivity contribution in [2.45, 2.75) is 47.1 Å². The van der Waals surface area contributed by atoms with Crippen LogP contribution in [0.2, 0.25) is 0 Å². The number of pyridine rings is 1. The van der Waals surface area contributed by atoms with E-state index >= 15 is 0 Å². The van der Waals surface area contributed by atoms with Crippen LogP contribution < -0.4 is 5.32 Å². The Hall–Kier alpha value is -0.890. The van der Waals surface area contributed by atoms with Gasteiger partial charge in [-0.15, -0.1) is 0 Å². The second kappa shape index (κ2) is 6.00. The molecule has 0 aromatic carbocycles. The second-order valence-electron chi connectivity index (χ2n) is 5.59. The predicted molar refractivity (Wildman–Crippen MR) is 69.4 cm³/mol. The lowest BCUT2D eigenvalue weighted by Gasteiger charge is -2.17. The summed E-state index contributed by atoms with van der Waals surface area (Å²) < 4.78 is 0. The van der Waals surface area contributed by atoms with Crippen molar-refractivity contribution < 1.29 is 0 Å². The predicted octanol–water partition coefficient (Wildman–Crippen LogP) is 3.31. The molecule has 0 aliphatic carbocycles. The fraction of sp³-hybridized carbons (Fsp3) is 0.643. The maximum atomic E-state index is 4.28. The van der Waals surface area contributed by atoms with E-state index in [0.29, 0.717) is 5.41 Å². The van der Waals surface area contributed by atoms with E-state index in [1.165, 1.54) is 18.4 Å². The lowest BCUT2D eigenvalue weighted by atomic mass is 9.91. The first-order valence-electron chi connectivity index (χ1n) is 6.10. The summed E-state index contributed by atoms with van der Waals surface area (Å²) in [6.07, 6.45) is 4.35. The summed E-state index contributed by atoms with van der Waals surface area (Å²) in [6, 6.07) is 4.14. The molecule has 0 saturated carbocycles. The summed E-state index contributed by atoms with van der Waals surface area (Å²) in [7, 11) is 0. The van der Waals surface area contributed by atoms with Crippen molar-refractivity contribution in [1.82, 2.24) is 10.3 Å². The molecular formula is C14H24N2. The van der Waals surface area contributed by atoms with Crippen molar-refractivity contribution in [2.24, 2.45) is 5.41 Å². The molecule has 1 aromatic rings. The summed E-state index contributed by atoms with van der Waals surface area (Å²) in [5.74, 6) is 0. The van der Waals surface area contributed by atoms with E-state index in [-0.39, 0.29) is 0 Å². The van der Waals surface area contributed by atoms with Gasteiger partial charge >= 0.3 is 0 Å². The standard InChI is InChI=1S/C14H24N2/c1-12-13(7-5-10-16-12)11-15-9-6-8-14(2,3)4/h5,7,10,15H,6,8-9,11H2,1-4H3. The molecule has 0 radical (unpaired) electrons. The quantitative estimate of drug-likeness (QED) is 0.770. The van der Waals surface area contributed by atoms with Gasteiger partial charge in [0.25, 0.3) is 0 Å². The van der Waals surface area contributed by atoms with Crippen LogP contribution in [0.1, 0.15) is 44.9 Å². The molecular weight excluding hydrogens is 196 g/mol. The topological polar surface area (TPSA) is 24.9 Å². The van der Waals surface area contributed by atoms with Gasteiger partial charge in [-0.3, -0.25) is 4.98 Å². The second-order valence-corrected chi connectivity index (χ2v) is 5.59. The minimum atomic E-state index is 0.450. The SMILES string of the molecule is Cc1ncccc1CNCCCC(C)(C)C. The first-order valence-corrected chi connectivity index (χ1v) is 6.10. The van der Waals surface area contributed by atoms with Crippen LogP contribution in [0.15, 0.2) is 18.3 Å². The zero-order valence-corrected chi connectivity index (χ0v) is 11.0. The molecule has 0 unspecified atom stereocenters. The molecule has 0 fully saturated rings. The normalized spacial score (nSPS) is 11.8. The van der Waals surface area contributed by atoms with Crippen molar-refractivity contribution in [3.05, 3.63) is 29.6 Å². The third-order valence-electron chi connectivity index (χ3n) is 2.71. The van der Waals surface area contributed by atoms with Crippen molar-refractivity contribution in [3.8, 4) is 0 Å². The molecule has 2 heteroatoms. The highest BCUT2D eigenvalue weighted by molar-refractivity contribution is 5.17. The largest absolute Gasteiger partial charge is 0.313 e. The van der Waals surface area contributed by atoms with E-state index in [1.807, 2.05) is 12.3 Å². The van der Waals surface area contributed by atoms with Crippen LogP contribution in [0.25, 0.3) is 0 Å². The van der Waals surface area contributed by atoms with E-state index in [2.05, 4.69) is 44.1 Å². The Bertz CT molecular complexity index is 313. The highest BCUT2D eigenvalue weighted by Gasteiger charge is 2.08. The molecule has 0 spiro atoms. The molecule has 0 amide bonds. The molecule has 0 saturated heterocycles. The van der Waals surface area contributed by atoms with Gasteiger partial charge in [0.2, 0.25) is 0 Å². The number of aromatic nitrogens is 1. The van der Waals surface area contributed by atoms with Gasteiger partial charge < -0.3 is 5.32 Å². The lowest BCUT2D eigenvalue weighted by Crippen LogP contribution is -2.17. The smallest absolute Gasteiger partial charge is 0.0417 e. The number of aryl methyl sites for hydroxylation is 1. The molecule has 0 aliphatic rings. The van der Waals surface area contributed by atoms with Crippen LogP contribution >= 0.6 is 0 Å². The molecule has 1 rings (SSSR count). The van der Waals surface area contributed by atoms with Crippen LogP contribution in [0.4, 0.5) is 0 Å². The van der Waals surface area contributed by atoms with Gasteiger partial charge in [-0.1, -0.05) is 26.8 Å². The van der Waals surface area contributed by atoms with Gasteiger partial charge in [-0.25, -0.2) is 0 Å². The average Bonchev–Trinajstić information content (AvgIpc) is 2.18. The molecule has 0 atom stereocenters. The van der Waals surface area contributed by atoms with Gasteiger partial charge in [-0.2, -0.15) is 0 Å². The summed E-state index contributed by atoms with van der Waals surface area (Å²) in [5, 5.41) is 3.48. The summed E-state index contributed by atoms with van der Waals surface area (Å²) >= 11 is 0. The third-order valence-corrected chi connectivity index (χ3v) is 2.71. The Balaban J connectivity index is 2.19. The van der Waals surface area contributed by atoms with E-state index < -0.39 is 0 Å². The Morgan fingerprint density at radius 2 is 2.06 bits per heavy atom. The zero-order valence-electron chi connectivity index (χ0n) is 11.0. The van der Waals surface area contributed by atoms with E-state index in [4.69, 9.17) is 0 Å². The van der Waals surface area contributed by atoms with Crippen LogP contribution in [0, 0.1) is 12.3 Å². The van der Waals surface area contributed by atoms with Crippen molar-refractivity contribution in [2.75, 3.05) is 6.54 Å². The number of hydrogen-bond donors (Lipinski definition) is 1. The molecule has 1 N–H and O–H groups in total. The van der Waals surface area contributed by atoms with E-state index in [1.54, 1.807) is 0 Å². The van der Waals surface area contributed by atoms with Gasteiger partial charge in [0, 0.05) is 18.4 Å². The fourth-order valence-corrected chi connectivity index (χ4v) is 1.67. The molecule has 0 aliphatic heterocycles.